The molecule has 3 rings (SSSR count). The fourth-order valence-corrected chi connectivity index (χ4v) is 1.84. The number of benzene rings is 1. The molecule has 2 aromatic rings. The van der Waals surface area contributed by atoms with Crippen molar-refractivity contribution in [3.8, 4) is 0 Å². The van der Waals surface area contributed by atoms with Crippen LogP contribution in [0.5, 0.6) is 0 Å². The van der Waals surface area contributed by atoms with Crippen molar-refractivity contribution >= 4 is 16.8 Å². The van der Waals surface area contributed by atoms with E-state index in [-0.39, 0.29) is 11.6 Å². The van der Waals surface area contributed by atoms with Crippen LogP contribution in [0, 0.1) is 11.7 Å². The molecule has 0 amide bonds. The number of hydrogen-bond acceptors (Lipinski definition) is 2. The molecule has 1 aromatic carbocycles. The number of furan rings is 1. The van der Waals surface area contributed by atoms with E-state index >= 15 is 0 Å². The SMILES string of the molecule is O=C(CC1CC1)c1cc2cc(F)ccc2o1. The van der Waals surface area contributed by atoms with Gasteiger partial charge in [-0.05, 0) is 43.0 Å². The van der Waals surface area contributed by atoms with Crippen molar-refractivity contribution in [1.82, 2.24) is 0 Å². The highest BCUT2D eigenvalue weighted by atomic mass is 19.1. The molecule has 1 fully saturated rings. The fourth-order valence-electron chi connectivity index (χ4n) is 1.84. The third-order valence-corrected chi connectivity index (χ3v) is 2.92. The quantitative estimate of drug-likeness (QED) is 0.737. The zero-order valence-electron chi connectivity index (χ0n) is 8.70. The maximum Gasteiger partial charge on any atom is 0.198 e. The third kappa shape index (κ3) is 1.73. The van der Waals surface area contributed by atoms with Crippen molar-refractivity contribution in [2.45, 2.75) is 19.3 Å². The van der Waals surface area contributed by atoms with E-state index in [1.165, 1.54) is 12.1 Å². The van der Waals surface area contributed by atoms with Gasteiger partial charge in [-0.15, -0.1) is 0 Å². The van der Waals surface area contributed by atoms with Crippen LogP contribution >= 0.6 is 0 Å². The molecule has 1 aliphatic carbocycles. The summed E-state index contributed by atoms with van der Waals surface area (Å²) in [5, 5.41) is 0.652. The summed E-state index contributed by atoms with van der Waals surface area (Å²) in [7, 11) is 0. The second-order valence-electron chi connectivity index (χ2n) is 4.36. The summed E-state index contributed by atoms with van der Waals surface area (Å²) >= 11 is 0. The molecule has 0 aliphatic heterocycles. The van der Waals surface area contributed by atoms with E-state index in [2.05, 4.69) is 0 Å². The highest BCUT2D eigenvalue weighted by Gasteiger charge is 2.26. The standard InChI is InChI=1S/C13H11FO2/c14-10-3-4-12-9(6-10)7-13(16-12)11(15)5-8-1-2-8/h3-4,6-8H,1-2,5H2. The number of rotatable bonds is 3. The number of ketones is 1. The first-order chi connectivity index (χ1) is 7.72. The first-order valence-corrected chi connectivity index (χ1v) is 5.45. The largest absolute Gasteiger partial charge is 0.453 e. The molecular weight excluding hydrogens is 207 g/mol. The second-order valence-corrected chi connectivity index (χ2v) is 4.36. The van der Waals surface area contributed by atoms with Crippen LogP contribution in [0.2, 0.25) is 0 Å². The Bertz CT molecular complexity index is 552. The summed E-state index contributed by atoms with van der Waals surface area (Å²) in [5.41, 5.74) is 0.570. The van der Waals surface area contributed by atoms with Crippen molar-refractivity contribution in [2.75, 3.05) is 0 Å². The maximum atomic E-state index is 12.9. The Morgan fingerprint density at radius 1 is 1.38 bits per heavy atom. The highest BCUT2D eigenvalue weighted by molar-refractivity contribution is 5.97. The molecule has 0 bridgehead atoms. The highest BCUT2D eigenvalue weighted by Crippen LogP contribution is 2.34. The van der Waals surface area contributed by atoms with Crippen molar-refractivity contribution in [3.63, 3.8) is 0 Å². The van der Waals surface area contributed by atoms with Crippen LogP contribution in [-0.2, 0) is 0 Å². The number of halogens is 1. The van der Waals surface area contributed by atoms with Gasteiger partial charge in [0.25, 0.3) is 0 Å². The van der Waals surface area contributed by atoms with Crippen LogP contribution in [0.3, 0.4) is 0 Å². The van der Waals surface area contributed by atoms with Crippen LogP contribution in [0.1, 0.15) is 29.8 Å². The lowest BCUT2D eigenvalue weighted by atomic mass is 10.1. The molecule has 1 aromatic heterocycles. The number of hydrogen-bond donors (Lipinski definition) is 0. The van der Waals surface area contributed by atoms with Gasteiger partial charge in [-0.2, -0.15) is 0 Å². The molecule has 1 aliphatic rings. The summed E-state index contributed by atoms with van der Waals surface area (Å²) in [6, 6.07) is 5.90. The van der Waals surface area contributed by atoms with E-state index in [1.54, 1.807) is 12.1 Å². The van der Waals surface area contributed by atoms with Gasteiger partial charge < -0.3 is 4.42 Å². The summed E-state index contributed by atoms with van der Waals surface area (Å²) in [4.78, 5) is 11.8. The van der Waals surface area contributed by atoms with Crippen LogP contribution in [-0.4, -0.2) is 5.78 Å². The normalized spacial score (nSPS) is 15.6. The minimum atomic E-state index is -0.311. The van der Waals surface area contributed by atoms with Gasteiger partial charge in [-0.1, -0.05) is 0 Å². The molecule has 2 nitrogen and oxygen atoms in total. The van der Waals surface area contributed by atoms with Gasteiger partial charge in [0, 0.05) is 11.8 Å². The molecule has 0 unspecified atom stereocenters. The molecule has 0 atom stereocenters. The molecule has 0 radical (unpaired) electrons. The van der Waals surface area contributed by atoms with Gasteiger partial charge in [0.05, 0.1) is 0 Å². The monoisotopic (exact) mass is 218 g/mol. The van der Waals surface area contributed by atoms with E-state index in [0.717, 1.165) is 12.8 Å². The number of carbonyl (C=O) groups excluding carboxylic acids is 1. The van der Waals surface area contributed by atoms with Gasteiger partial charge in [-0.25, -0.2) is 4.39 Å². The average molecular weight is 218 g/mol. The van der Waals surface area contributed by atoms with Crippen molar-refractivity contribution in [1.29, 1.82) is 0 Å². The van der Waals surface area contributed by atoms with E-state index in [4.69, 9.17) is 4.42 Å². The molecule has 16 heavy (non-hydrogen) atoms. The predicted octanol–water partition coefficient (Wildman–Crippen LogP) is 3.55. The molecule has 1 heterocycles. The van der Waals surface area contributed by atoms with Crippen LogP contribution < -0.4 is 0 Å². The molecule has 0 spiro atoms. The van der Waals surface area contributed by atoms with Crippen molar-refractivity contribution < 1.29 is 13.6 Å². The first-order valence-electron chi connectivity index (χ1n) is 5.45. The Hall–Kier alpha value is -1.64. The number of carbonyl (C=O) groups is 1. The topological polar surface area (TPSA) is 30.2 Å². The smallest absolute Gasteiger partial charge is 0.198 e. The lowest BCUT2D eigenvalue weighted by molar-refractivity contribution is 0.0951. The van der Waals surface area contributed by atoms with E-state index in [1.807, 2.05) is 0 Å². The zero-order chi connectivity index (χ0) is 11.1. The summed E-state index contributed by atoms with van der Waals surface area (Å²) in [6.07, 6.45) is 2.84. The van der Waals surface area contributed by atoms with Gasteiger partial charge >= 0.3 is 0 Å². The van der Waals surface area contributed by atoms with Crippen molar-refractivity contribution in [2.24, 2.45) is 5.92 Å². The summed E-state index contributed by atoms with van der Waals surface area (Å²) in [6.45, 7) is 0. The van der Waals surface area contributed by atoms with E-state index in [9.17, 15) is 9.18 Å². The number of fused-ring (bicyclic) bond motifs is 1. The Balaban J connectivity index is 1.94. The van der Waals surface area contributed by atoms with Gasteiger partial charge in [0.2, 0.25) is 0 Å². The Morgan fingerprint density at radius 2 is 2.19 bits per heavy atom. The summed E-state index contributed by atoms with van der Waals surface area (Å²) < 4.78 is 18.3. The Labute approximate surface area is 92.1 Å². The fraction of sp³-hybridized carbons (Fsp3) is 0.308. The van der Waals surface area contributed by atoms with Gasteiger partial charge in [0.1, 0.15) is 11.4 Å². The zero-order valence-corrected chi connectivity index (χ0v) is 8.70. The Kier molecular flexibility index (Phi) is 2.06. The maximum absolute atomic E-state index is 12.9. The third-order valence-electron chi connectivity index (χ3n) is 2.92. The van der Waals surface area contributed by atoms with E-state index < -0.39 is 0 Å². The lowest BCUT2D eigenvalue weighted by Gasteiger charge is -1.92. The van der Waals surface area contributed by atoms with Gasteiger partial charge in [0.15, 0.2) is 11.5 Å². The number of Topliss-reactive ketones (excluding diaryl/α,β-unsaturated/α-hetero) is 1. The van der Waals surface area contributed by atoms with Crippen LogP contribution in [0.4, 0.5) is 4.39 Å². The first kappa shape index (κ1) is 9.58. The minimum Gasteiger partial charge on any atom is -0.453 e. The average Bonchev–Trinajstić information content (AvgIpc) is 2.95. The minimum absolute atomic E-state index is 0.0270. The predicted molar refractivity (Wildman–Crippen MR) is 57.8 cm³/mol. The molecule has 82 valence electrons. The second kappa shape index (κ2) is 3.44. The van der Waals surface area contributed by atoms with E-state index in [0.29, 0.717) is 29.1 Å². The molecule has 3 heteroatoms. The molecule has 1 saturated carbocycles. The molecule has 0 saturated heterocycles. The molecular formula is C13H11FO2. The van der Waals surface area contributed by atoms with Crippen LogP contribution in [0.15, 0.2) is 28.7 Å². The lowest BCUT2D eigenvalue weighted by Crippen LogP contribution is -1.97. The molecule has 0 N–H and O–H groups in total. The van der Waals surface area contributed by atoms with Gasteiger partial charge in [-0.3, -0.25) is 4.79 Å². The Morgan fingerprint density at radius 3 is 2.94 bits per heavy atom. The summed E-state index contributed by atoms with van der Waals surface area (Å²) in [5.74, 6) is 0.610. The van der Waals surface area contributed by atoms with Crippen LogP contribution in [0.25, 0.3) is 11.0 Å². The van der Waals surface area contributed by atoms with Crippen molar-refractivity contribution in [3.05, 3.63) is 35.8 Å².